The number of alkyl halides is 2. The van der Waals surface area contributed by atoms with Crippen molar-refractivity contribution in [3.05, 3.63) is 0 Å². The van der Waals surface area contributed by atoms with E-state index in [2.05, 4.69) is 5.32 Å². The zero-order chi connectivity index (χ0) is 10.3. The molecule has 0 bridgehead atoms. The minimum atomic E-state index is -0.812. The molecule has 1 atom stereocenters. The van der Waals surface area contributed by atoms with Gasteiger partial charge in [0.05, 0.1) is 5.92 Å². The molecule has 1 rings (SSSR count). The second kappa shape index (κ2) is 3.32. The fourth-order valence-electron chi connectivity index (χ4n) is 1.01. The van der Waals surface area contributed by atoms with Crippen molar-refractivity contribution in [3.8, 4) is 0 Å². The fourth-order valence-corrected chi connectivity index (χ4v) is 1.51. The Morgan fingerprint density at radius 2 is 2.08 bits per heavy atom. The van der Waals surface area contributed by atoms with E-state index in [0.29, 0.717) is 6.42 Å². The van der Waals surface area contributed by atoms with Crippen LogP contribution in [0.2, 0.25) is 0 Å². The van der Waals surface area contributed by atoms with Gasteiger partial charge in [-0.25, -0.2) is 0 Å². The Morgan fingerprint density at radius 3 is 2.38 bits per heavy atom. The number of hydrogen-bond acceptors (Lipinski definition) is 1. The van der Waals surface area contributed by atoms with Gasteiger partial charge in [0.25, 0.3) is 0 Å². The molecule has 0 heterocycles. The topological polar surface area (TPSA) is 29.1 Å². The van der Waals surface area contributed by atoms with Crippen molar-refractivity contribution in [1.29, 1.82) is 0 Å². The highest BCUT2D eigenvalue weighted by atomic mass is 35.5. The Morgan fingerprint density at radius 1 is 1.62 bits per heavy atom. The number of nitrogens with one attached hydrogen (secondary N) is 1. The van der Waals surface area contributed by atoms with Gasteiger partial charge < -0.3 is 5.32 Å². The average molecular weight is 224 g/mol. The highest BCUT2D eigenvalue weighted by Gasteiger charge is 2.56. The molecule has 1 amide bonds. The summed E-state index contributed by atoms with van der Waals surface area (Å²) in [6, 6.07) is 0. The molecule has 1 aliphatic rings. The van der Waals surface area contributed by atoms with Crippen molar-refractivity contribution in [2.24, 2.45) is 5.92 Å². The van der Waals surface area contributed by atoms with Crippen molar-refractivity contribution in [3.63, 3.8) is 0 Å². The molecule has 1 fully saturated rings. The molecule has 0 aliphatic heterocycles. The molecule has 0 radical (unpaired) electrons. The maximum absolute atomic E-state index is 11.5. The van der Waals surface area contributed by atoms with E-state index in [4.69, 9.17) is 23.2 Å². The van der Waals surface area contributed by atoms with Gasteiger partial charge in [-0.05, 0) is 26.7 Å². The quantitative estimate of drug-likeness (QED) is 0.733. The molecule has 0 spiro atoms. The maximum atomic E-state index is 11.5. The Bertz CT molecular complexity index is 226. The van der Waals surface area contributed by atoms with Gasteiger partial charge in [0, 0.05) is 5.54 Å². The van der Waals surface area contributed by atoms with Crippen LogP contribution in [0.5, 0.6) is 0 Å². The second-order valence-electron chi connectivity index (χ2n) is 4.24. The van der Waals surface area contributed by atoms with Crippen molar-refractivity contribution in [2.45, 2.75) is 43.5 Å². The molecule has 2 nitrogen and oxygen atoms in total. The number of halogens is 2. The van der Waals surface area contributed by atoms with Crippen molar-refractivity contribution >= 4 is 29.1 Å². The average Bonchev–Trinajstić information content (AvgIpc) is 2.59. The van der Waals surface area contributed by atoms with Crippen LogP contribution in [-0.4, -0.2) is 15.8 Å². The standard InChI is InChI=1S/C9H15Cl2NO/c1-4-8(2,3)12-7(13)6-5-9(6,10)11/h6H,4-5H2,1-3H3,(H,12,13). The summed E-state index contributed by atoms with van der Waals surface area (Å²) < 4.78 is -0.812. The molecule has 0 saturated heterocycles. The van der Waals surface area contributed by atoms with Crippen LogP contribution >= 0.6 is 23.2 Å². The molecule has 1 N–H and O–H groups in total. The van der Waals surface area contributed by atoms with E-state index in [1.807, 2.05) is 20.8 Å². The number of hydrogen-bond donors (Lipinski definition) is 1. The first-order valence-corrected chi connectivity index (χ1v) is 5.24. The first kappa shape index (κ1) is 11.1. The lowest BCUT2D eigenvalue weighted by atomic mass is 10.0. The van der Waals surface area contributed by atoms with E-state index in [9.17, 15) is 4.79 Å². The van der Waals surface area contributed by atoms with Crippen LogP contribution in [0.25, 0.3) is 0 Å². The van der Waals surface area contributed by atoms with Crippen LogP contribution in [0.3, 0.4) is 0 Å². The van der Waals surface area contributed by atoms with E-state index in [1.54, 1.807) is 0 Å². The first-order chi connectivity index (χ1) is 5.78. The van der Waals surface area contributed by atoms with Crippen molar-refractivity contribution < 1.29 is 4.79 Å². The summed E-state index contributed by atoms with van der Waals surface area (Å²) in [4.78, 5) is 11.5. The van der Waals surface area contributed by atoms with Crippen LogP contribution in [0.1, 0.15) is 33.6 Å². The zero-order valence-electron chi connectivity index (χ0n) is 8.16. The lowest BCUT2D eigenvalue weighted by Gasteiger charge is -2.24. The minimum Gasteiger partial charge on any atom is -0.351 e. The van der Waals surface area contributed by atoms with Gasteiger partial charge in [-0.3, -0.25) is 4.79 Å². The van der Waals surface area contributed by atoms with Gasteiger partial charge in [0.2, 0.25) is 5.91 Å². The molecule has 4 heteroatoms. The maximum Gasteiger partial charge on any atom is 0.226 e. The van der Waals surface area contributed by atoms with Gasteiger partial charge in [0.15, 0.2) is 0 Å². The Hall–Kier alpha value is 0.0500. The molecular weight excluding hydrogens is 209 g/mol. The highest BCUT2D eigenvalue weighted by molar-refractivity contribution is 6.52. The first-order valence-electron chi connectivity index (χ1n) is 4.48. The summed E-state index contributed by atoms with van der Waals surface area (Å²) in [7, 11) is 0. The predicted molar refractivity (Wildman–Crippen MR) is 55.1 cm³/mol. The molecule has 1 unspecified atom stereocenters. The second-order valence-corrected chi connectivity index (χ2v) is 5.79. The monoisotopic (exact) mass is 223 g/mol. The summed E-state index contributed by atoms with van der Waals surface area (Å²) >= 11 is 11.6. The van der Waals surface area contributed by atoms with Gasteiger partial charge >= 0.3 is 0 Å². The fraction of sp³-hybridized carbons (Fsp3) is 0.889. The van der Waals surface area contributed by atoms with Gasteiger partial charge in [0.1, 0.15) is 4.33 Å². The van der Waals surface area contributed by atoms with E-state index in [1.165, 1.54) is 0 Å². The molecule has 13 heavy (non-hydrogen) atoms. The number of rotatable bonds is 3. The summed E-state index contributed by atoms with van der Waals surface area (Å²) in [6.07, 6.45) is 1.46. The largest absolute Gasteiger partial charge is 0.351 e. The molecule has 0 aromatic carbocycles. The zero-order valence-corrected chi connectivity index (χ0v) is 9.67. The smallest absolute Gasteiger partial charge is 0.226 e. The SMILES string of the molecule is CCC(C)(C)NC(=O)C1CC1(Cl)Cl. The number of carbonyl (C=O) groups is 1. The molecule has 0 aromatic heterocycles. The number of amides is 1. The molecular formula is C9H15Cl2NO. The van der Waals surface area contributed by atoms with Crippen LogP contribution < -0.4 is 5.32 Å². The summed E-state index contributed by atoms with van der Waals surface area (Å²) in [5, 5.41) is 2.92. The Kier molecular flexibility index (Phi) is 2.84. The molecule has 0 aromatic rings. The van der Waals surface area contributed by atoms with Gasteiger partial charge in [-0.1, -0.05) is 6.92 Å². The summed E-state index contributed by atoms with van der Waals surface area (Å²) in [5.41, 5.74) is -0.163. The highest BCUT2D eigenvalue weighted by Crippen LogP contribution is 2.53. The molecule has 1 aliphatic carbocycles. The summed E-state index contributed by atoms with van der Waals surface area (Å²) in [5.74, 6) is -0.251. The third kappa shape index (κ3) is 2.75. The Balaban J connectivity index is 2.44. The van der Waals surface area contributed by atoms with Crippen LogP contribution in [0.4, 0.5) is 0 Å². The normalized spacial score (nSPS) is 25.5. The van der Waals surface area contributed by atoms with E-state index < -0.39 is 4.33 Å². The van der Waals surface area contributed by atoms with E-state index in [0.717, 1.165) is 6.42 Å². The molecule has 76 valence electrons. The van der Waals surface area contributed by atoms with E-state index >= 15 is 0 Å². The van der Waals surface area contributed by atoms with Crippen LogP contribution in [-0.2, 0) is 4.79 Å². The van der Waals surface area contributed by atoms with Crippen molar-refractivity contribution in [2.75, 3.05) is 0 Å². The molecule has 1 saturated carbocycles. The number of carbonyl (C=O) groups excluding carboxylic acids is 1. The van der Waals surface area contributed by atoms with Gasteiger partial charge in [-0.2, -0.15) is 0 Å². The third-order valence-corrected chi connectivity index (χ3v) is 3.32. The summed E-state index contributed by atoms with van der Waals surface area (Å²) in [6.45, 7) is 6.00. The predicted octanol–water partition coefficient (Wildman–Crippen LogP) is 2.49. The van der Waals surface area contributed by atoms with Crippen molar-refractivity contribution in [1.82, 2.24) is 5.32 Å². The van der Waals surface area contributed by atoms with E-state index in [-0.39, 0.29) is 17.4 Å². The lowest BCUT2D eigenvalue weighted by molar-refractivity contribution is -0.123. The van der Waals surface area contributed by atoms with Gasteiger partial charge in [-0.15, -0.1) is 23.2 Å². The third-order valence-electron chi connectivity index (χ3n) is 2.49. The minimum absolute atomic E-state index is 0.0307. The van der Waals surface area contributed by atoms with Crippen LogP contribution in [0.15, 0.2) is 0 Å². The van der Waals surface area contributed by atoms with Crippen LogP contribution in [0, 0.1) is 5.92 Å². The Labute approximate surface area is 89.0 Å². The lowest BCUT2D eigenvalue weighted by Crippen LogP contribution is -2.44.